The monoisotopic (exact) mass is 458 g/mol. The molecule has 1 saturated carbocycles. The summed E-state index contributed by atoms with van der Waals surface area (Å²) < 4.78 is 32.3. The van der Waals surface area contributed by atoms with Gasteiger partial charge in [-0.25, -0.2) is 14.4 Å². The largest absolute Gasteiger partial charge is 0.493 e. The highest BCUT2D eigenvalue weighted by atomic mass is 35.5. The summed E-state index contributed by atoms with van der Waals surface area (Å²) in [6.45, 7) is 2.45. The van der Waals surface area contributed by atoms with E-state index in [4.69, 9.17) is 19.9 Å². The minimum absolute atomic E-state index is 0. The second-order valence-electron chi connectivity index (χ2n) is 8.00. The van der Waals surface area contributed by atoms with Crippen LogP contribution in [0.2, 0.25) is 0 Å². The van der Waals surface area contributed by atoms with Gasteiger partial charge in [0, 0.05) is 28.7 Å². The first-order chi connectivity index (χ1) is 15.0. The molecule has 4 aromatic rings. The fourth-order valence-corrected chi connectivity index (χ4v) is 4.00. The molecule has 2 aromatic heterocycles. The van der Waals surface area contributed by atoms with Crippen LogP contribution in [0.3, 0.4) is 0 Å². The van der Waals surface area contributed by atoms with E-state index in [9.17, 15) is 4.39 Å². The van der Waals surface area contributed by atoms with Crippen molar-refractivity contribution in [3.05, 3.63) is 48.2 Å². The number of nitrogens with zero attached hydrogens (tertiary/aromatic N) is 2. The number of aromatic amines is 1. The molecular formula is C23H24ClFN4O3. The summed E-state index contributed by atoms with van der Waals surface area (Å²) >= 11 is 0. The minimum Gasteiger partial charge on any atom is -0.493 e. The molecule has 2 heterocycles. The third-order valence-corrected chi connectivity index (χ3v) is 5.67. The van der Waals surface area contributed by atoms with Crippen molar-refractivity contribution in [2.24, 2.45) is 11.7 Å². The van der Waals surface area contributed by atoms with Crippen LogP contribution in [0.25, 0.3) is 21.8 Å². The quantitative estimate of drug-likeness (QED) is 0.427. The normalized spacial score (nSPS) is 17.6. The highest BCUT2D eigenvalue weighted by Gasteiger charge is 2.27. The van der Waals surface area contributed by atoms with Gasteiger partial charge in [-0.05, 0) is 49.9 Å². The molecule has 0 amide bonds. The second-order valence-corrected chi connectivity index (χ2v) is 8.00. The number of fused-ring (bicyclic) bond motifs is 2. The third-order valence-electron chi connectivity index (χ3n) is 5.67. The van der Waals surface area contributed by atoms with Crippen LogP contribution in [0.5, 0.6) is 23.1 Å². The summed E-state index contributed by atoms with van der Waals surface area (Å²) in [5.74, 6) is 1.47. The van der Waals surface area contributed by atoms with Gasteiger partial charge < -0.3 is 24.9 Å². The van der Waals surface area contributed by atoms with Crippen molar-refractivity contribution >= 4 is 34.2 Å². The van der Waals surface area contributed by atoms with Gasteiger partial charge in [-0.2, -0.15) is 0 Å². The zero-order chi connectivity index (χ0) is 21.5. The maximum absolute atomic E-state index is 15.0. The molecule has 1 aliphatic carbocycles. The minimum atomic E-state index is -0.445. The van der Waals surface area contributed by atoms with Crippen molar-refractivity contribution in [3.8, 4) is 23.1 Å². The summed E-state index contributed by atoms with van der Waals surface area (Å²) in [7, 11) is 1.57. The Labute approximate surface area is 190 Å². The summed E-state index contributed by atoms with van der Waals surface area (Å²) in [5.41, 5.74) is 8.06. The summed E-state index contributed by atoms with van der Waals surface area (Å²) in [6.07, 6.45) is 3.31. The van der Waals surface area contributed by atoms with Gasteiger partial charge in [-0.15, -0.1) is 12.4 Å². The van der Waals surface area contributed by atoms with Crippen LogP contribution in [0.1, 0.15) is 18.5 Å². The summed E-state index contributed by atoms with van der Waals surface area (Å²) in [4.78, 5) is 11.7. The van der Waals surface area contributed by atoms with Crippen LogP contribution >= 0.6 is 12.4 Å². The fourth-order valence-electron chi connectivity index (χ4n) is 4.00. The molecular weight excluding hydrogens is 435 g/mol. The maximum Gasteiger partial charge on any atom is 0.230 e. The number of H-pyrrole nitrogens is 1. The molecule has 0 bridgehead atoms. The highest BCUT2D eigenvalue weighted by molar-refractivity contribution is 5.87. The molecule has 7 nitrogen and oxygen atoms in total. The van der Waals surface area contributed by atoms with Crippen LogP contribution in [0, 0.1) is 18.7 Å². The van der Waals surface area contributed by atoms with Crippen molar-refractivity contribution in [1.29, 1.82) is 0 Å². The van der Waals surface area contributed by atoms with Gasteiger partial charge in [0.15, 0.2) is 23.1 Å². The van der Waals surface area contributed by atoms with Crippen LogP contribution in [0.15, 0.2) is 36.7 Å². The molecule has 1 fully saturated rings. The number of nitrogens with two attached hydrogens (primary N) is 1. The summed E-state index contributed by atoms with van der Waals surface area (Å²) in [5, 5.41) is 1.07. The average Bonchev–Trinajstić information content (AvgIpc) is 3.13. The number of nitrogens with one attached hydrogen (secondary N) is 1. The Bertz CT molecular complexity index is 1270. The van der Waals surface area contributed by atoms with Gasteiger partial charge in [0.25, 0.3) is 0 Å². The average molecular weight is 459 g/mol. The number of methoxy groups -OCH3 is 1. The van der Waals surface area contributed by atoms with Gasteiger partial charge in [0.2, 0.25) is 5.88 Å². The summed E-state index contributed by atoms with van der Waals surface area (Å²) in [6, 6.07) is 8.92. The van der Waals surface area contributed by atoms with E-state index in [1.54, 1.807) is 37.4 Å². The van der Waals surface area contributed by atoms with Crippen molar-refractivity contribution in [3.63, 3.8) is 0 Å². The molecule has 3 N–H and O–H groups in total. The molecule has 0 radical (unpaired) electrons. The molecule has 32 heavy (non-hydrogen) atoms. The van der Waals surface area contributed by atoms with Crippen LogP contribution < -0.4 is 19.9 Å². The second kappa shape index (κ2) is 8.80. The van der Waals surface area contributed by atoms with Gasteiger partial charge in [-0.3, -0.25) is 0 Å². The molecule has 2 aromatic carbocycles. The number of halogens is 2. The molecule has 5 rings (SSSR count). The number of hydrogen-bond acceptors (Lipinski definition) is 6. The van der Waals surface area contributed by atoms with Crippen LogP contribution in [-0.4, -0.2) is 34.7 Å². The predicted octanol–water partition coefficient (Wildman–Crippen LogP) is 4.90. The van der Waals surface area contributed by atoms with Crippen molar-refractivity contribution in [2.75, 3.05) is 13.7 Å². The van der Waals surface area contributed by atoms with Crippen LogP contribution in [-0.2, 0) is 0 Å². The Morgan fingerprint density at radius 3 is 2.66 bits per heavy atom. The third kappa shape index (κ3) is 4.03. The Kier molecular flexibility index (Phi) is 6.08. The Balaban J connectivity index is 0.00000245. The Morgan fingerprint density at radius 2 is 1.91 bits per heavy atom. The van der Waals surface area contributed by atoms with Gasteiger partial charge in [-0.1, -0.05) is 0 Å². The molecule has 0 saturated heterocycles. The maximum atomic E-state index is 15.0. The molecule has 0 unspecified atom stereocenters. The van der Waals surface area contributed by atoms with E-state index >= 15 is 0 Å². The van der Waals surface area contributed by atoms with Crippen molar-refractivity contribution in [1.82, 2.24) is 15.0 Å². The zero-order valence-electron chi connectivity index (χ0n) is 17.7. The van der Waals surface area contributed by atoms with E-state index in [1.165, 1.54) is 6.33 Å². The van der Waals surface area contributed by atoms with Crippen molar-refractivity contribution in [2.45, 2.75) is 25.8 Å². The van der Waals surface area contributed by atoms with Crippen molar-refractivity contribution < 1.29 is 18.6 Å². The van der Waals surface area contributed by atoms with E-state index in [2.05, 4.69) is 15.0 Å². The first-order valence-electron chi connectivity index (χ1n) is 10.2. The lowest BCUT2D eigenvalue weighted by Gasteiger charge is -2.32. The first kappa shape index (κ1) is 22.1. The van der Waals surface area contributed by atoms with E-state index in [-0.39, 0.29) is 30.1 Å². The standard InChI is InChI=1S/C23H23FN4O3.ClH/c1-12-5-15-17(28-12)3-4-19(22(15)24)31-23-16-8-20(29-2)21(9-18(16)26-11-27-23)30-10-13-6-14(25)7-13;/h3-5,8-9,11,13-14,28H,6-7,10,25H2,1-2H3;1H/t13-,14-;. The molecule has 9 heteroatoms. The van der Waals surface area contributed by atoms with Gasteiger partial charge in [0.05, 0.1) is 24.6 Å². The molecule has 0 spiro atoms. The van der Waals surface area contributed by atoms with Gasteiger partial charge in [0.1, 0.15) is 6.33 Å². The smallest absolute Gasteiger partial charge is 0.230 e. The number of aryl methyl sites for hydroxylation is 1. The highest BCUT2D eigenvalue weighted by Crippen LogP contribution is 2.38. The molecule has 0 atom stereocenters. The Hall–Kier alpha value is -3.10. The number of benzene rings is 2. The number of aromatic nitrogens is 3. The van der Waals surface area contributed by atoms with E-state index < -0.39 is 5.82 Å². The fraction of sp³-hybridized carbons (Fsp3) is 0.304. The predicted molar refractivity (Wildman–Crippen MR) is 123 cm³/mol. The zero-order valence-corrected chi connectivity index (χ0v) is 18.5. The van der Waals surface area contributed by atoms with Gasteiger partial charge >= 0.3 is 0 Å². The molecule has 0 aliphatic heterocycles. The first-order valence-corrected chi connectivity index (χ1v) is 10.2. The number of rotatable bonds is 6. The van der Waals surface area contributed by atoms with Crippen LogP contribution in [0.4, 0.5) is 4.39 Å². The van der Waals surface area contributed by atoms with E-state index in [0.29, 0.717) is 45.8 Å². The lowest BCUT2D eigenvalue weighted by Crippen LogP contribution is -2.39. The number of hydrogen-bond donors (Lipinski definition) is 2. The SMILES string of the molecule is COc1cc2c(Oc3ccc4[nH]c(C)cc4c3F)ncnc2cc1OC[C@H]1C[C@H](N)C1.Cl. The lowest BCUT2D eigenvalue weighted by atomic mass is 9.82. The Morgan fingerprint density at radius 1 is 1.09 bits per heavy atom. The topological polar surface area (TPSA) is 95.3 Å². The molecule has 168 valence electrons. The lowest BCUT2D eigenvalue weighted by molar-refractivity contribution is 0.156. The molecule has 1 aliphatic rings. The van der Waals surface area contributed by atoms with E-state index in [1.807, 2.05) is 6.92 Å². The number of ether oxygens (including phenoxy) is 3. The van der Waals surface area contributed by atoms with E-state index in [0.717, 1.165) is 18.5 Å².